The summed E-state index contributed by atoms with van der Waals surface area (Å²) in [5, 5.41) is 8.10. The number of rotatable bonds is 8. The predicted molar refractivity (Wildman–Crippen MR) is 117 cm³/mol. The molecule has 2 aromatic carbocycles. The Labute approximate surface area is 185 Å². The first kappa shape index (κ1) is 22.7. The molecule has 1 unspecified atom stereocenters. The summed E-state index contributed by atoms with van der Waals surface area (Å²) in [6, 6.07) is 14.9. The van der Waals surface area contributed by atoms with Gasteiger partial charge in [-0.3, -0.25) is 14.4 Å². The maximum Gasteiger partial charge on any atom is 0.291 e. The standard InChI is InChI=1S/C24H24FN3O4/c1-15(2)21(28-22(29)18-6-3-4-7-19(18)25)24(31)26-14-16-9-11-17(12-10-16)27-23(30)20-8-5-13-32-20/h3-13,15,21H,14H2,1-2H3,(H,26,31)(H,27,30)(H,28,29). The Balaban J connectivity index is 1.56. The van der Waals surface area contributed by atoms with Crippen LogP contribution in [0.1, 0.15) is 40.3 Å². The van der Waals surface area contributed by atoms with Gasteiger partial charge in [0.15, 0.2) is 5.76 Å². The molecule has 0 saturated carbocycles. The lowest BCUT2D eigenvalue weighted by atomic mass is 10.0. The van der Waals surface area contributed by atoms with Crippen molar-refractivity contribution in [3.63, 3.8) is 0 Å². The summed E-state index contributed by atoms with van der Waals surface area (Å²) in [5.74, 6) is -2.02. The zero-order chi connectivity index (χ0) is 23.1. The Bertz CT molecular complexity index is 1080. The fourth-order valence-corrected chi connectivity index (χ4v) is 3.00. The van der Waals surface area contributed by atoms with Crippen molar-refractivity contribution in [1.29, 1.82) is 0 Å². The van der Waals surface area contributed by atoms with E-state index in [0.29, 0.717) is 5.69 Å². The van der Waals surface area contributed by atoms with E-state index < -0.39 is 17.8 Å². The summed E-state index contributed by atoms with van der Waals surface area (Å²) >= 11 is 0. The average molecular weight is 437 g/mol. The molecule has 3 N–H and O–H groups in total. The van der Waals surface area contributed by atoms with E-state index >= 15 is 0 Å². The summed E-state index contributed by atoms with van der Waals surface area (Å²) in [4.78, 5) is 37.1. The van der Waals surface area contributed by atoms with Gasteiger partial charge in [-0.2, -0.15) is 0 Å². The number of carbonyl (C=O) groups is 3. The van der Waals surface area contributed by atoms with Gasteiger partial charge in [0.1, 0.15) is 11.9 Å². The summed E-state index contributed by atoms with van der Waals surface area (Å²) in [5.41, 5.74) is 1.27. The topological polar surface area (TPSA) is 100 Å². The highest BCUT2D eigenvalue weighted by Crippen LogP contribution is 2.13. The van der Waals surface area contributed by atoms with Crippen LogP contribution in [0.25, 0.3) is 0 Å². The molecule has 0 spiro atoms. The molecule has 7 nitrogen and oxygen atoms in total. The largest absolute Gasteiger partial charge is 0.459 e. The van der Waals surface area contributed by atoms with Crippen LogP contribution in [0.15, 0.2) is 71.3 Å². The molecule has 1 aromatic heterocycles. The van der Waals surface area contributed by atoms with Gasteiger partial charge in [-0.25, -0.2) is 4.39 Å². The van der Waals surface area contributed by atoms with Gasteiger partial charge in [-0.05, 0) is 47.9 Å². The molecular weight excluding hydrogens is 413 g/mol. The van der Waals surface area contributed by atoms with E-state index in [2.05, 4.69) is 16.0 Å². The van der Waals surface area contributed by atoms with Gasteiger partial charge in [0.2, 0.25) is 5.91 Å². The molecule has 0 radical (unpaired) electrons. The second-order valence-electron chi connectivity index (χ2n) is 7.52. The van der Waals surface area contributed by atoms with Gasteiger partial charge in [-0.1, -0.05) is 38.1 Å². The van der Waals surface area contributed by atoms with E-state index in [0.717, 1.165) is 5.56 Å². The molecule has 0 bridgehead atoms. The Hall–Kier alpha value is -3.94. The minimum absolute atomic E-state index is 0.113. The van der Waals surface area contributed by atoms with Gasteiger partial charge >= 0.3 is 0 Å². The number of halogens is 1. The molecule has 32 heavy (non-hydrogen) atoms. The molecule has 3 rings (SSSR count). The number of hydrogen-bond acceptors (Lipinski definition) is 4. The number of nitrogens with one attached hydrogen (secondary N) is 3. The van der Waals surface area contributed by atoms with Crippen LogP contribution in [0.5, 0.6) is 0 Å². The lowest BCUT2D eigenvalue weighted by Gasteiger charge is -2.22. The minimum Gasteiger partial charge on any atom is -0.459 e. The molecule has 1 atom stereocenters. The van der Waals surface area contributed by atoms with Crippen molar-refractivity contribution in [2.75, 3.05) is 5.32 Å². The first-order chi connectivity index (χ1) is 15.3. The number of hydrogen-bond donors (Lipinski definition) is 3. The Kier molecular flexibility index (Phi) is 7.38. The third kappa shape index (κ3) is 5.81. The van der Waals surface area contributed by atoms with Crippen molar-refractivity contribution in [2.45, 2.75) is 26.4 Å². The second kappa shape index (κ2) is 10.4. The lowest BCUT2D eigenvalue weighted by molar-refractivity contribution is -0.124. The molecule has 1 heterocycles. The van der Waals surface area contributed by atoms with Gasteiger partial charge < -0.3 is 20.4 Å². The second-order valence-corrected chi connectivity index (χ2v) is 7.52. The normalized spacial score (nSPS) is 11.6. The van der Waals surface area contributed by atoms with Crippen LogP contribution in [-0.2, 0) is 11.3 Å². The van der Waals surface area contributed by atoms with E-state index in [4.69, 9.17) is 4.42 Å². The van der Waals surface area contributed by atoms with Gasteiger partial charge in [0, 0.05) is 12.2 Å². The van der Waals surface area contributed by atoms with Crippen LogP contribution >= 0.6 is 0 Å². The molecule has 0 aliphatic rings. The monoisotopic (exact) mass is 437 g/mol. The minimum atomic E-state index is -0.825. The van der Waals surface area contributed by atoms with Crippen LogP contribution in [0.4, 0.5) is 10.1 Å². The van der Waals surface area contributed by atoms with Crippen molar-refractivity contribution >= 4 is 23.4 Å². The molecule has 8 heteroatoms. The van der Waals surface area contributed by atoms with E-state index in [-0.39, 0.29) is 35.6 Å². The third-order valence-electron chi connectivity index (χ3n) is 4.78. The molecule has 0 aliphatic carbocycles. The Morgan fingerprint density at radius 3 is 2.28 bits per heavy atom. The molecule has 3 amide bonds. The maximum absolute atomic E-state index is 13.9. The molecule has 0 saturated heterocycles. The quantitative estimate of drug-likeness (QED) is 0.500. The summed E-state index contributed by atoms with van der Waals surface area (Å²) < 4.78 is 18.9. The highest BCUT2D eigenvalue weighted by molar-refractivity contribution is 6.02. The fraction of sp³-hybridized carbons (Fsp3) is 0.208. The highest BCUT2D eigenvalue weighted by atomic mass is 19.1. The van der Waals surface area contributed by atoms with Crippen molar-refractivity contribution in [3.05, 3.63) is 89.6 Å². The predicted octanol–water partition coefficient (Wildman–Crippen LogP) is 3.74. The SMILES string of the molecule is CC(C)C(NC(=O)c1ccccc1F)C(=O)NCc1ccc(NC(=O)c2ccco2)cc1. The highest BCUT2D eigenvalue weighted by Gasteiger charge is 2.25. The summed E-state index contributed by atoms with van der Waals surface area (Å²) in [7, 11) is 0. The van der Waals surface area contributed by atoms with E-state index in [1.54, 1.807) is 56.3 Å². The van der Waals surface area contributed by atoms with E-state index in [1.165, 1.54) is 24.5 Å². The van der Waals surface area contributed by atoms with Crippen LogP contribution < -0.4 is 16.0 Å². The Morgan fingerprint density at radius 1 is 0.938 bits per heavy atom. The first-order valence-corrected chi connectivity index (χ1v) is 10.1. The van der Waals surface area contributed by atoms with Crippen molar-refractivity contribution in [3.8, 4) is 0 Å². The zero-order valence-corrected chi connectivity index (χ0v) is 17.7. The average Bonchev–Trinajstić information content (AvgIpc) is 3.32. The molecule has 0 aliphatic heterocycles. The number of furan rings is 1. The van der Waals surface area contributed by atoms with Crippen LogP contribution in [-0.4, -0.2) is 23.8 Å². The van der Waals surface area contributed by atoms with Gasteiger partial charge in [0.25, 0.3) is 11.8 Å². The molecule has 0 fully saturated rings. The van der Waals surface area contributed by atoms with Crippen molar-refractivity contribution in [2.24, 2.45) is 5.92 Å². The molecular formula is C24H24FN3O4. The summed E-state index contributed by atoms with van der Waals surface area (Å²) in [6.07, 6.45) is 1.42. The van der Waals surface area contributed by atoms with Gasteiger partial charge in [0.05, 0.1) is 11.8 Å². The van der Waals surface area contributed by atoms with E-state index in [1.807, 2.05) is 0 Å². The van der Waals surface area contributed by atoms with E-state index in [9.17, 15) is 18.8 Å². The van der Waals surface area contributed by atoms with Crippen molar-refractivity contribution < 1.29 is 23.2 Å². The number of carbonyl (C=O) groups excluding carboxylic acids is 3. The first-order valence-electron chi connectivity index (χ1n) is 10.1. The van der Waals surface area contributed by atoms with Crippen LogP contribution in [0, 0.1) is 11.7 Å². The molecule has 166 valence electrons. The van der Waals surface area contributed by atoms with Crippen molar-refractivity contribution in [1.82, 2.24) is 10.6 Å². The molecule has 3 aromatic rings. The number of benzene rings is 2. The number of amides is 3. The maximum atomic E-state index is 13.9. The fourth-order valence-electron chi connectivity index (χ4n) is 3.00. The number of anilines is 1. The smallest absolute Gasteiger partial charge is 0.291 e. The Morgan fingerprint density at radius 2 is 1.66 bits per heavy atom. The van der Waals surface area contributed by atoms with Gasteiger partial charge in [-0.15, -0.1) is 0 Å². The third-order valence-corrected chi connectivity index (χ3v) is 4.78. The summed E-state index contributed by atoms with van der Waals surface area (Å²) in [6.45, 7) is 3.81. The van der Waals surface area contributed by atoms with Crippen LogP contribution in [0.2, 0.25) is 0 Å². The van der Waals surface area contributed by atoms with Crippen LogP contribution in [0.3, 0.4) is 0 Å². The zero-order valence-electron chi connectivity index (χ0n) is 17.7. The lowest BCUT2D eigenvalue weighted by Crippen LogP contribution is -2.49.